The molecular weight excluding hydrogens is 236 g/mol. The Hall–Kier alpha value is -0.870. The van der Waals surface area contributed by atoms with Crippen LogP contribution in [0.5, 0.6) is 0 Å². The largest absolute Gasteiger partial charge is 0.335 e. The lowest BCUT2D eigenvalue weighted by Gasteiger charge is -2.22. The lowest BCUT2D eigenvalue weighted by atomic mass is 10.1. The second kappa shape index (κ2) is 9.10. The van der Waals surface area contributed by atoms with Crippen LogP contribution < -0.4 is 5.32 Å². The molecule has 0 fully saturated rings. The van der Waals surface area contributed by atoms with Gasteiger partial charge in [-0.1, -0.05) is 20.8 Å². The summed E-state index contributed by atoms with van der Waals surface area (Å²) in [6, 6.07) is 0.513. The summed E-state index contributed by atoms with van der Waals surface area (Å²) in [5.74, 6) is 1.21. The maximum absolute atomic E-state index is 4.50. The van der Waals surface area contributed by atoms with Gasteiger partial charge in [0.05, 0.1) is 0 Å². The molecule has 0 amide bonds. The van der Waals surface area contributed by atoms with Crippen molar-refractivity contribution < 1.29 is 0 Å². The lowest BCUT2D eigenvalue weighted by molar-refractivity contribution is 0.282. The average molecular weight is 266 g/mol. The summed E-state index contributed by atoms with van der Waals surface area (Å²) in [5.41, 5.74) is 0. The fourth-order valence-electron chi connectivity index (χ4n) is 2.42. The molecular formula is C15H30N4. The molecule has 1 rings (SSSR count). The zero-order valence-electron chi connectivity index (χ0n) is 13.0. The third-order valence-corrected chi connectivity index (χ3v) is 3.79. The molecule has 0 bridgehead atoms. The van der Waals surface area contributed by atoms with Crippen molar-refractivity contribution in [2.45, 2.75) is 52.6 Å². The Kier molecular flexibility index (Phi) is 7.75. The SMILES string of the molecule is CCCn1ccnc1CC(CCN(CC)CC)NC. The van der Waals surface area contributed by atoms with Gasteiger partial charge in [-0.2, -0.15) is 0 Å². The molecule has 1 aromatic rings. The summed E-state index contributed by atoms with van der Waals surface area (Å²) in [6.07, 6.45) is 7.37. The van der Waals surface area contributed by atoms with Gasteiger partial charge in [0.15, 0.2) is 0 Å². The first-order valence-corrected chi connectivity index (χ1v) is 7.64. The fourth-order valence-corrected chi connectivity index (χ4v) is 2.42. The molecule has 0 aliphatic carbocycles. The summed E-state index contributed by atoms with van der Waals surface area (Å²) >= 11 is 0. The predicted octanol–water partition coefficient (Wildman–Crippen LogP) is 2.16. The smallest absolute Gasteiger partial charge is 0.110 e. The predicted molar refractivity (Wildman–Crippen MR) is 81.5 cm³/mol. The molecule has 0 aliphatic rings. The highest BCUT2D eigenvalue weighted by Crippen LogP contribution is 2.06. The molecule has 4 heteroatoms. The van der Waals surface area contributed by atoms with Gasteiger partial charge in [0.1, 0.15) is 5.82 Å². The summed E-state index contributed by atoms with van der Waals surface area (Å²) in [4.78, 5) is 6.97. The molecule has 4 nitrogen and oxygen atoms in total. The number of hydrogen-bond donors (Lipinski definition) is 1. The van der Waals surface area contributed by atoms with Crippen molar-refractivity contribution in [3.63, 3.8) is 0 Å². The topological polar surface area (TPSA) is 33.1 Å². The van der Waals surface area contributed by atoms with E-state index >= 15 is 0 Å². The molecule has 0 aliphatic heterocycles. The molecule has 0 radical (unpaired) electrons. The van der Waals surface area contributed by atoms with E-state index in [-0.39, 0.29) is 0 Å². The van der Waals surface area contributed by atoms with Gasteiger partial charge in [-0.05, 0) is 39.5 Å². The number of imidazole rings is 1. The van der Waals surface area contributed by atoms with Crippen molar-refractivity contribution in [3.05, 3.63) is 18.2 Å². The maximum atomic E-state index is 4.50. The third kappa shape index (κ3) is 5.33. The number of aromatic nitrogens is 2. The first kappa shape index (κ1) is 16.2. The lowest BCUT2D eigenvalue weighted by Crippen LogP contribution is -2.34. The molecule has 1 atom stereocenters. The quantitative estimate of drug-likeness (QED) is 0.704. The van der Waals surface area contributed by atoms with E-state index in [1.165, 1.54) is 12.2 Å². The van der Waals surface area contributed by atoms with E-state index in [1.807, 2.05) is 6.20 Å². The van der Waals surface area contributed by atoms with Crippen LogP contribution in [0.4, 0.5) is 0 Å². The first-order valence-electron chi connectivity index (χ1n) is 7.64. The first-order chi connectivity index (χ1) is 9.24. The van der Waals surface area contributed by atoms with Crippen LogP contribution in [0.1, 0.15) is 39.4 Å². The van der Waals surface area contributed by atoms with E-state index < -0.39 is 0 Å². The maximum Gasteiger partial charge on any atom is 0.110 e. The van der Waals surface area contributed by atoms with Crippen molar-refractivity contribution in [3.8, 4) is 0 Å². The van der Waals surface area contributed by atoms with Crippen LogP contribution in [0.2, 0.25) is 0 Å². The van der Waals surface area contributed by atoms with Crippen LogP contribution in [0.15, 0.2) is 12.4 Å². The van der Waals surface area contributed by atoms with Crippen molar-refractivity contribution in [1.29, 1.82) is 0 Å². The average Bonchev–Trinajstić information content (AvgIpc) is 2.86. The van der Waals surface area contributed by atoms with E-state index in [9.17, 15) is 0 Å². The summed E-state index contributed by atoms with van der Waals surface area (Å²) in [5, 5.41) is 3.43. The van der Waals surface area contributed by atoms with Gasteiger partial charge in [0, 0.05) is 31.4 Å². The van der Waals surface area contributed by atoms with Crippen molar-refractivity contribution in [2.75, 3.05) is 26.7 Å². The van der Waals surface area contributed by atoms with Gasteiger partial charge in [-0.25, -0.2) is 4.98 Å². The minimum Gasteiger partial charge on any atom is -0.335 e. The van der Waals surface area contributed by atoms with Gasteiger partial charge in [0.25, 0.3) is 0 Å². The van der Waals surface area contributed by atoms with Crippen LogP contribution in [0.3, 0.4) is 0 Å². The number of aryl methyl sites for hydroxylation is 1. The molecule has 19 heavy (non-hydrogen) atoms. The Balaban J connectivity index is 2.49. The standard InChI is InChI=1S/C15H30N4/c1-5-10-19-12-9-17-15(19)13-14(16-4)8-11-18(6-2)7-3/h9,12,14,16H,5-8,10-11,13H2,1-4H3. The van der Waals surface area contributed by atoms with Gasteiger partial charge >= 0.3 is 0 Å². The van der Waals surface area contributed by atoms with Gasteiger partial charge in [-0.3, -0.25) is 0 Å². The molecule has 1 unspecified atom stereocenters. The van der Waals surface area contributed by atoms with E-state index in [4.69, 9.17) is 0 Å². The minimum atomic E-state index is 0.513. The highest BCUT2D eigenvalue weighted by molar-refractivity contribution is 4.95. The second-order valence-corrected chi connectivity index (χ2v) is 5.04. The van der Waals surface area contributed by atoms with E-state index in [0.29, 0.717) is 6.04 Å². The van der Waals surface area contributed by atoms with Crippen LogP contribution >= 0.6 is 0 Å². The van der Waals surface area contributed by atoms with Crippen molar-refractivity contribution >= 4 is 0 Å². The highest BCUT2D eigenvalue weighted by Gasteiger charge is 2.12. The number of nitrogens with zero attached hydrogens (tertiary/aromatic N) is 3. The highest BCUT2D eigenvalue weighted by atomic mass is 15.1. The van der Waals surface area contributed by atoms with Crippen molar-refractivity contribution in [2.24, 2.45) is 0 Å². The van der Waals surface area contributed by atoms with Gasteiger partial charge in [0.2, 0.25) is 0 Å². The Morgan fingerprint density at radius 3 is 2.63 bits per heavy atom. The fraction of sp³-hybridized carbons (Fsp3) is 0.800. The monoisotopic (exact) mass is 266 g/mol. The number of rotatable bonds is 10. The van der Waals surface area contributed by atoms with Crippen molar-refractivity contribution in [1.82, 2.24) is 19.8 Å². The number of likely N-dealkylation sites (N-methyl/N-ethyl adjacent to an activating group) is 1. The Morgan fingerprint density at radius 1 is 1.32 bits per heavy atom. The molecule has 0 aromatic carbocycles. The second-order valence-electron chi connectivity index (χ2n) is 5.04. The summed E-state index contributed by atoms with van der Waals surface area (Å²) in [6.45, 7) is 11.2. The molecule has 1 N–H and O–H groups in total. The van der Waals surface area contributed by atoms with E-state index in [2.05, 4.69) is 53.8 Å². The third-order valence-electron chi connectivity index (χ3n) is 3.79. The van der Waals surface area contributed by atoms with Gasteiger partial charge in [-0.15, -0.1) is 0 Å². The molecule has 0 saturated heterocycles. The summed E-state index contributed by atoms with van der Waals surface area (Å²) < 4.78 is 2.28. The van der Waals surface area contributed by atoms with Crippen LogP contribution in [0, 0.1) is 0 Å². The molecule has 110 valence electrons. The van der Waals surface area contributed by atoms with Crippen LogP contribution in [-0.2, 0) is 13.0 Å². The number of hydrogen-bond acceptors (Lipinski definition) is 3. The molecule has 1 aromatic heterocycles. The van der Waals surface area contributed by atoms with E-state index in [0.717, 1.165) is 39.0 Å². The Labute approximate surface area is 118 Å². The van der Waals surface area contributed by atoms with E-state index in [1.54, 1.807) is 0 Å². The minimum absolute atomic E-state index is 0.513. The molecule has 0 spiro atoms. The molecule has 1 heterocycles. The van der Waals surface area contributed by atoms with Gasteiger partial charge < -0.3 is 14.8 Å². The number of nitrogens with one attached hydrogen (secondary N) is 1. The van der Waals surface area contributed by atoms with Crippen LogP contribution in [0.25, 0.3) is 0 Å². The zero-order chi connectivity index (χ0) is 14.1. The Morgan fingerprint density at radius 2 is 2.05 bits per heavy atom. The normalized spacial score (nSPS) is 13.1. The summed E-state index contributed by atoms with van der Waals surface area (Å²) in [7, 11) is 2.06. The zero-order valence-corrected chi connectivity index (χ0v) is 13.0. The Bertz CT molecular complexity index is 331. The molecule has 0 saturated carbocycles. The van der Waals surface area contributed by atoms with Crippen LogP contribution in [-0.4, -0.2) is 47.2 Å².